The first kappa shape index (κ1) is 16.3. The fourth-order valence-electron chi connectivity index (χ4n) is 1.73. The molecular weight excluding hydrogens is 367 g/mol. The number of benzene rings is 1. The second-order valence-electron chi connectivity index (χ2n) is 4.15. The van der Waals surface area contributed by atoms with Crippen molar-refractivity contribution in [3.8, 4) is 0 Å². The van der Waals surface area contributed by atoms with Gasteiger partial charge in [0.1, 0.15) is 6.54 Å². The predicted octanol–water partition coefficient (Wildman–Crippen LogP) is 0.0766. The van der Waals surface area contributed by atoms with Gasteiger partial charge in [-0.15, -0.1) is 0 Å². The fraction of sp³-hybridized carbons (Fsp3) is 0.133. The van der Waals surface area contributed by atoms with Crippen molar-refractivity contribution in [1.82, 2.24) is 0 Å². The molecular formula is C15H15IN2O2. The van der Waals surface area contributed by atoms with Gasteiger partial charge in [0, 0.05) is 24.3 Å². The summed E-state index contributed by atoms with van der Waals surface area (Å²) in [6.45, 7) is 3.02. The highest BCUT2D eigenvalue weighted by Crippen LogP contribution is 2.15. The Bertz CT molecular complexity index is 610. The maximum atomic E-state index is 10.7. The van der Waals surface area contributed by atoms with Crippen LogP contribution in [0, 0.1) is 10.1 Å². The summed E-state index contributed by atoms with van der Waals surface area (Å²) in [6.07, 6.45) is 7.83. The van der Waals surface area contributed by atoms with Gasteiger partial charge in [0.25, 0.3) is 5.69 Å². The van der Waals surface area contributed by atoms with Crippen LogP contribution in [0.15, 0.2) is 48.8 Å². The molecule has 0 saturated carbocycles. The molecule has 5 heteroatoms. The van der Waals surface area contributed by atoms with Gasteiger partial charge in [-0.2, -0.15) is 0 Å². The molecule has 20 heavy (non-hydrogen) atoms. The molecule has 0 bridgehead atoms. The average Bonchev–Trinajstić information content (AvgIpc) is 2.46. The second kappa shape index (κ2) is 7.74. The average molecular weight is 382 g/mol. The monoisotopic (exact) mass is 382 g/mol. The van der Waals surface area contributed by atoms with Gasteiger partial charge in [0.2, 0.25) is 0 Å². The van der Waals surface area contributed by atoms with E-state index in [0.717, 1.165) is 17.7 Å². The lowest BCUT2D eigenvalue weighted by Crippen LogP contribution is -3.00. The lowest BCUT2D eigenvalue weighted by Gasteiger charge is -1.95. The van der Waals surface area contributed by atoms with E-state index in [1.165, 1.54) is 6.07 Å². The molecule has 0 unspecified atom stereocenters. The highest BCUT2D eigenvalue weighted by Gasteiger charge is 2.03. The Kier molecular flexibility index (Phi) is 6.30. The SMILES string of the molecule is CC[n+]1ccc(/C=C\c2cccc([N+](=O)[O-])c2)cc1.[I-]. The minimum absolute atomic E-state index is 0. The Labute approximate surface area is 134 Å². The van der Waals surface area contributed by atoms with Gasteiger partial charge in [0.15, 0.2) is 12.4 Å². The third-order valence-electron chi connectivity index (χ3n) is 2.83. The lowest BCUT2D eigenvalue weighted by molar-refractivity contribution is -0.693. The number of nitro benzene ring substituents is 1. The van der Waals surface area contributed by atoms with E-state index in [1.54, 1.807) is 12.1 Å². The van der Waals surface area contributed by atoms with Crippen molar-refractivity contribution in [1.29, 1.82) is 0 Å². The number of rotatable bonds is 4. The van der Waals surface area contributed by atoms with Crippen molar-refractivity contribution in [2.45, 2.75) is 13.5 Å². The van der Waals surface area contributed by atoms with Crippen LogP contribution in [-0.2, 0) is 6.54 Å². The number of nitro groups is 1. The first-order chi connectivity index (χ1) is 9.19. The van der Waals surface area contributed by atoms with Gasteiger partial charge in [0.05, 0.1) is 4.92 Å². The summed E-state index contributed by atoms with van der Waals surface area (Å²) in [7, 11) is 0. The molecule has 2 rings (SSSR count). The summed E-state index contributed by atoms with van der Waals surface area (Å²) in [5.74, 6) is 0. The molecule has 0 radical (unpaired) electrons. The largest absolute Gasteiger partial charge is 1.00 e. The van der Waals surface area contributed by atoms with Gasteiger partial charge >= 0.3 is 0 Å². The topological polar surface area (TPSA) is 47.0 Å². The smallest absolute Gasteiger partial charge is 0.270 e. The molecule has 4 nitrogen and oxygen atoms in total. The van der Waals surface area contributed by atoms with Crippen molar-refractivity contribution in [2.24, 2.45) is 0 Å². The summed E-state index contributed by atoms with van der Waals surface area (Å²) in [5, 5.41) is 10.7. The van der Waals surface area contributed by atoms with Crippen LogP contribution >= 0.6 is 0 Å². The van der Waals surface area contributed by atoms with Crippen LogP contribution in [0.1, 0.15) is 18.1 Å². The molecule has 0 fully saturated rings. The number of pyridine rings is 1. The van der Waals surface area contributed by atoms with E-state index in [9.17, 15) is 10.1 Å². The molecule has 0 spiro atoms. The van der Waals surface area contributed by atoms with Crippen molar-refractivity contribution < 1.29 is 33.5 Å². The van der Waals surface area contributed by atoms with E-state index in [1.807, 2.05) is 42.7 Å². The van der Waals surface area contributed by atoms with Gasteiger partial charge < -0.3 is 24.0 Å². The zero-order valence-electron chi connectivity index (χ0n) is 11.1. The summed E-state index contributed by atoms with van der Waals surface area (Å²) in [4.78, 5) is 10.3. The first-order valence-electron chi connectivity index (χ1n) is 6.10. The fourth-order valence-corrected chi connectivity index (χ4v) is 1.73. The van der Waals surface area contributed by atoms with Gasteiger partial charge in [-0.1, -0.05) is 24.3 Å². The number of nitrogens with zero attached hydrogens (tertiary/aromatic N) is 2. The first-order valence-corrected chi connectivity index (χ1v) is 6.10. The molecule has 0 aliphatic heterocycles. The molecule has 1 aromatic heterocycles. The molecule has 0 saturated heterocycles. The van der Waals surface area contributed by atoms with Crippen LogP contribution in [0.5, 0.6) is 0 Å². The second-order valence-corrected chi connectivity index (χ2v) is 4.15. The molecule has 104 valence electrons. The molecule has 1 aromatic carbocycles. The zero-order valence-corrected chi connectivity index (χ0v) is 13.2. The van der Waals surface area contributed by atoms with E-state index >= 15 is 0 Å². The van der Waals surface area contributed by atoms with E-state index in [2.05, 4.69) is 11.5 Å². The minimum Gasteiger partial charge on any atom is -1.00 e. The van der Waals surface area contributed by atoms with Crippen molar-refractivity contribution in [3.63, 3.8) is 0 Å². The van der Waals surface area contributed by atoms with Gasteiger partial charge in [-0.25, -0.2) is 4.57 Å². The van der Waals surface area contributed by atoms with Crippen LogP contribution < -0.4 is 28.5 Å². The number of hydrogen-bond acceptors (Lipinski definition) is 2. The van der Waals surface area contributed by atoms with Crippen LogP contribution in [0.2, 0.25) is 0 Å². The number of halogens is 1. The molecule has 0 aliphatic rings. The Hall–Kier alpha value is -1.76. The van der Waals surface area contributed by atoms with Crippen molar-refractivity contribution >= 4 is 17.8 Å². The van der Waals surface area contributed by atoms with Crippen LogP contribution in [0.4, 0.5) is 5.69 Å². The maximum Gasteiger partial charge on any atom is 0.270 e. The van der Waals surface area contributed by atoms with E-state index in [0.29, 0.717) is 0 Å². The van der Waals surface area contributed by atoms with Crippen LogP contribution in [0.25, 0.3) is 12.2 Å². The predicted molar refractivity (Wildman–Crippen MR) is 74.3 cm³/mol. The number of aryl methyl sites for hydroxylation is 1. The molecule has 2 aromatic rings. The lowest BCUT2D eigenvalue weighted by atomic mass is 10.1. The Balaban J connectivity index is 0.00000200. The summed E-state index contributed by atoms with van der Waals surface area (Å²) < 4.78 is 2.07. The highest BCUT2D eigenvalue weighted by atomic mass is 127. The third kappa shape index (κ3) is 4.41. The zero-order chi connectivity index (χ0) is 13.7. The van der Waals surface area contributed by atoms with Gasteiger partial charge in [-0.3, -0.25) is 10.1 Å². The van der Waals surface area contributed by atoms with Crippen molar-refractivity contribution in [2.75, 3.05) is 0 Å². The van der Waals surface area contributed by atoms with E-state index in [4.69, 9.17) is 0 Å². The normalized spacial score (nSPS) is 10.2. The Morgan fingerprint density at radius 3 is 2.40 bits per heavy atom. The summed E-state index contributed by atoms with van der Waals surface area (Å²) in [6, 6.07) is 10.6. The summed E-state index contributed by atoms with van der Waals surface area (Å²) >= 11 is 0. The molecule has 1 heterocycles. The standard InChI is InChI=1S/C15H15N2O2.HI/c1-2-16-10-8-13(9-11-16)6-7-14-4-3-5-15(12-14)17(18)19;/h3-12H,2H2,1H3;1H/q+1;/p-1/b7-6-;. The number of non-ortho nitro benzene ring substituents is 1. The molecule has 0 aliphatic carbocycles. The Morgan fingerprint density at radius 2 is 1.80 bits per heavy atom. The van der Waals surface area contributed by atoms with Crippen molar-refractivity contribution in [3.05, 3.63) is 70.0 Å². The molecule has 0 amide bonds. The summed E-state index contributed by atoms with van der Waals surface area (Å²) in [5.41, 5.74) is 2.00. The third-order valence-corrected chi connectivity index (χ3v) is 2.83. The van der Waals surface area contributed by atoms with E-state index < -0.39 is 0 Å². The van der Waals surface area contributed by atoms with Crippen LogP contribution in [-0.4, -0.2) is 4.92 Å². The Morgan fingerprint density at radius 1 is 1.15 bits per heavy atom. The minimum atomic E-state index is -0.385. The van der Waals surface area contributed by atoms with Crippen LogP contribution in [0.3, 0.4) is 0 Å². The highest BCUT2D eigenvalue weighted by molar-refractivity contribution is 5.70. The maximum absolute atomic E-state index is 10.7. The molecule has 0 N–H and O–H groups in total. The number of aromatic nitrogens is 1. The van der Waals surface area contributed by atoms with Gasteiger partial charge in [-0.05, 0) is 18.1 Å². The van der Waals surface area contributed by atoms with E-state index in [-0.39, 0.29) is 34.6 Å². The molecule has 0 atom stereocenters. The number of hydrogen-bond donors (Lipinski definition) is 0. The quantitative estimate of drug-likeness (QED) is 0.326.